The van der Waals surface area contributed by atoms with Crippen molar-refractivity contribution in [1.82, 2.24) is 0 Å². The van der Waals surface area contributed by atoms with Gasteiger partial charge in [0.1, 0.15) is 5.82 Å². The minimum atomic E-state index is -0.651. The molecule has 0 amide bonds. The van der Waals surface area contributed by atoms with Gasteiger partial charge in [-0.15, -0.1) is 11.3 Å². The van der Waals surface area contributed by atoms with Gasteiger partial charge < -0.3 is 0 Å². The fourth-order valence-corrected chi connectivity index (χ4v) is 4.32. The van der Waals surface area contributed by atoms with Crippen LogP contribution >= 0.6 is 34.5 Å². The maximum absolute atomic E-state index is 14.2. The molecule has 7 heteroatoms. The molecule has 0 bridgehead atoms. The van der Waals surface area contributed by atoms with Crippen LogP contribution in [-0.4, -0.2) is 12.3 Å². The summed E-state index contributed by atoms with van der Waals surface area (Å²) in [5, 5.41) is 9.22. The fourth-order valence-electron chi connectivity index (χ4n) is 3.02. The summed E-state index contributed by atoms with van der Waals surface area (Å²) in [7, 11) is 0. The quantitative estimate of drug-likeness (QED) is 0.493. The molecule has 2 aromatic carbocycles. The predicted octanol–water partition coefficient (Wildman–Crippen LogP) is 6.34. The maximum Gasteiger partial charge on any atom is 0.151 e. The van der Waals surface area contributed by atoms with E-state index >= 15 is 0 Å². The van der Waals surface area contributed by atoms with Crippen LogP contribution in [-0.2, 0) is 0 Å². The van der Waals surface area contributed by atoms with Crippen molar-refractivity contribution in [2.75, 3.05) is 11.6 Å². The Morgan fingerprint density at radius 1 is 1.08 bits per heavy atom. The molecule has 0 aliphatic carbocycles. The molecule has 3 aromatic rings. The smallest absolute Gasteiger partial charge is 0.151 e. The van der Waals surface area contributed by atoms with Gasteiger partial charge in [-0.1, -0.05) is 35.3 Å². The number of nitrogens with zero attached hydrogens (tertiary/aromatic N) is 2. The van der Waals surface area contributed by atoms with E-state index in [-0.39, 0.29) is 11.6 Å². The molecule has 2 heterocycles. The topological polar surface area (TPSA) is 15.6 Å². The molecule has 132 valence electrons. The van der Waals surface area contributed by atoms with Crippen molar-refractivity contribution in [3.63, 3.8) is 0 Å². The van der Waals surface area contributed by atoms with Crippen LogP contribution in [0, 0.1) is 11.6 Å². The van der Waals surface area contributed by atoms with Crippen molar-refractivity contribution in [2.45, 2.75) is 5.92 Å². The summed E-state index contributed by atoms with van der Waals surface area (Å²) >= 11 is 14.0. The van der Waals surface area contributed by atoms with Crippen LogP contribution in [0.1, 0.15) is 16.4 Å². The second kappa shape index (κ2) is 6.99. The van der Waals surface area contributed by atoms with Gasteiger partial charge in [0.15, 0.2) is 5.82 Å². The maximum atomic E-state index is 14.2. The summed E-state index contributed by atoms with van der Waals surface area (Å²) in [4.78, 5) is 0.978. The van der Waals surface area contributed by atoms with E-state index in [1.54, 1.807) is 28.5 Å². The highest BCUT2D eigenvalue weighted by Gasteiger charge is 2.32. The second-order valence-electron chi connectivity index (χ2n) is 5.86. The van der Waals surface area contributed by atoms with E-state index < -0.39 is 11.6 Å². The van der Waals surface area contributed by atoms with E-state index in [0.717, 1.165) is 22.2 Å². The number of hydrazone groups is 1. The average molecular weight is 409 g/mol. The van der Waals surface area contributed by atoms with Gasteiger partial charge in [0.25, 0.3) is 0 Å². The number of hydrogen-bond acceptors (Lipinski definition) is 3. The molecular formula is C19H12Cl2F2N2S. The first-order chi connectivity index (χ1) is 12.5. The number of anilines is 1. The van der Waals surface area contributed by atoms with E-state index in [0.29, 0.717) is 16.6 Å². The minimum Gasteiger partial charge on any atom is -0.261 e. The van der Waals surface area contributed by atoms with Crippen molar-refractivity contribution < 1.29 is 8.78 Å². The van der Waals surface area contributed by atoms with Gasteiger partial charge in [-0.25, -0.2) is 8.78 Å². The average Bonchev–Trinajstić information content (AvgIpc) is 3.24. The van der Waals surface area contributed by atoms with Crippen molar-refractivity contribution in [3.05, 3.63) is 86.0 Å². The van der Waals surface area contributed by atoms with Gasteiger partial charge in [0.2, 0.25) is 0 Å². The minimum absolute atomic E-state index is 0.150. The molecule has 1 aliphatic rings. The van der Waals surface area contributed by atoms with Gasteiger partial charge in [0.05, 0.1) is 28.7 Å². The zero-order valence-corrected chi connectivity index (χ0v) is 15.6. The van der Waals surface area contributed by atoms with Crippen molar-refractivity contribution in [1.29, 1.82) is 0 Å². The van der Waals surface area contributed by atoms with Gasteiger partial charge in [-0.2, -0.15) is 5.10 Å². The molecule has 0 saturated carbocycles. The number of hydrogen-bond donors (Lipinski definition) is 0. The normalized spacial score (nSPS) is 16.8. The molecule has 1 atom stereocenters. The highest BCUT2D eigenvalue weighted by Crippen LogP contribution is 2.37. The van der Waals surface area contributed by atoms with E-state index in [4.69, 9.17) is 23.2 Å². The highest BCUT2D eigenvalue weighted by molar-refractivity contribution is 7.12. The van der Waals surface area contributed by atoms with Gasteiger partial charge in [-0.05, 0) is 41.3 Å². The van der Waals surface area contributed by atoms with Gasteiger partial charge in [-0.3, -0.25) is 5.01 Å². The summed E-state index contributed by atoms with van der Waals surface area (Å²) in [6, 6.07) is 12.7. The second-order valence-corrected chi connectivity index (χ2v) is 7.65. The lowest BCUT2D eigenvalue weighted by atomic mass is 9.93. The molecular weight excluding hydrogens is 397 g/mol. The molecule has 0 fully saturated rings. The third-order valence-corrected chi connectivity index (χ3v) is 5.67. The van der Waals surface area contributed by atoms with Crippen LogP contribution in [0.5, 0.6) is 0 Å². The number of thiophene rings is 1. The van der Waals surface area contributed by atoms with E-state index in [9.17, 15) is 8.78 Å². The van der Waals surface area contributed by atoms with Crippen molar-refractivity contribution in [2.24, 2.45) is 5.10 Å². The summed E-state index contributed by atoms with van der Waals surface area (Å²) in [5.74, 6) is -1.42. The number of benzene rings is 2. The summed E-state index contributed by atoms with van der Waals surface area (Å²) in [5.41, 5.74) is 1.90. The zero-order valence-electron chi connectivity index (χ0n) is 13.3. The number of rotatable bonds is 3. The Morgan fingerprint density at radius 3 is 2.62 bits per heavy atom. The highest BCUT2D eigenvalue weighted by atomic mass is 35.5. The van der Waals surface area contributed by atoms with E-state index in [1.165, 1.54) is 12.1 Å². The standard InChI is InChI=1S/C19H12Cl2F2N2S/c20-11-3-5-13(15(21)8-11)14-10-25(17-6-4-12(22)9-16(17)23)24-19(14)18-2-1-7-26-18/h1-9,14H,10H2/t14-/m0/s1. The number of halogens is 4. The van der Waals surface area contributed by atoms with Crippen LogP contribution in [0.25, 0.3) is 0 Å². The Morgan fingerprint density at radius 2 is 1.92 bits per heavy atom. The van der Waals surface area contributed by atoms with Crippen molar-refractivity contribution in [3.8, 4) is 0 Å². The third-order valence-electron chi connectivity index (χ3n) is 4.21. The summed E-state index contributed by atoms with van der Waals surface area (Å²) in [6.07, 6.45) is 0. The van der Waals surface area contributed by atoms with Crippen LogP contribution in [0.15, 0.2) is 59.0 Å². The van der Waals surface area contributed by atoms with E-state index in [2.05, 4.69) is 5.10 Å². The van der Waals surface area contributed by atoms with Crippen LogP contribution in [0.4, 0.5) is 14.5 Å². The first kappa shape index (κ1) is 17.5. The van der Waals surface area contributed by atoms with Gasteiger partial charge in [0, 0.05) is 16.1 Å². The first-order valence-electron chi connectivity index (χ1n) is 7.83. The fraction of sp³-hybridized carbons (Fsp3) is 0.105. The van der Waals surface area contributed by atoms with Gasteiger partial charge >= 0.3 is 0 Å². The lowest BCUT2D eigenvalue weighted by Crippen LogP contribution is -2.19. The first-order valence-corrected chi connectivity index (χ1v) is 9.46. The molecule has 1 aromatic heterocycles. The Balaban J connectivity index is 1.78. The Bertz CT molecular complexity index is 989. The lowest BCUT2D eigenvalue weighted by Gasteiger charge is -2.18. The summed E-state index contributed by atoms with van der Waals surface area (Å²) < 4.78 is 27.5. The molecule has 0 saturated heterocycles. The van der Waals surface area contributed by atoms with Crippen LogP contribution in [0.3, 0.4) is 0 Å². The lowest BCUT2D eigenvalue weighted by molar-refractivity contribution is 0.580. The molecule has 0 spiro atoms. The molecule has 0 radical (unpaired) electrons. The monoisotopic (exact) mass is 408 g/mol. The largest absolute Gasteiger partial charge is 0.261 e. The van der Waals surface area contributed by atoms with E-state index in [1.807, 2.05) is 23.6 Å². The Kier molecular flexibility index (Phi) is 4.69. The predicted molar refractivity (Wildman–Crippen MR) is 104 cm³/mol. The SMILES string of the molecule is Fc1ccc(N2C[C@@H](c3ccc(Cl)cc3Cl)C(c3cccs3)=N2)c(F)c1. The van der Waals surface area contributed by atoms with Crippen molar-refractivity contribution >= 4 is 45.9 Å². The molecule has 0 N–H and O–H groups in total. The molecule has 1 aliphatic heterocycles. The third kappa shape index (κ3) is 3.22. The Labute approximate surface area is 163 Å². The molecule has 2 nitrogen and oxygen atoms in total. The molecule has 4 rings (SSSR count). The van der Waals surface area contributed by atoms with Crippen LogP contribution < -0.4 is 5.01 Å². The zero-order chi connectivity index (χ0) is 18.3. The summed E-state index contributed by atoms with van der Waals surface area (Å²) in [6.45, 7) is 0.400. The molecule has 0 unspecified atom stereocenters. The Hall–Kier alpha value is -1.95. The molecule has 26 heavy (non-hydrogen) atoms. The van der Waals surface area contributed by atoms with Crippen LogP contribution in [0.2, 0.25) is 10.0 Å².